The van der Waals surface area contributed by atoms with E-state index in [1.165, 1.54) is 12.1 Å². The number of hydrogen-bond donors (Lipinski definition) is 3. The Balaban J connectivity index is 0.00000320. The van der Waals surface area contributed by atoms with Gasteiger partial charge in [0.05, 0.1) is 6.54 Å². The molecule has 0 bridgehead atoms. The number of nitrogens with one attached hydrogen (secondary N) is 3. The molecule has 2 aromatic rings. The lowest BCUT2D eigenvalue weighted by atomic mass is 10.2. The summed E-state index contributed by atoms with van der Waals surface area (Å²) in [5.74, 6) is 0.983. The van der Waals surface area contributed by atoms with Gasteiger partial charge >= 0.3 is 0 Å². The summed E-state index contributed by atoms with van der Waals surface area (Å²) in [4.78, 5) is 16.3. The number of aliphatic imine (C=N–C) groups is 1. The first-order valence-corrected chi connectivity index (χ1v) is 9.90. The highest BCUT2D eigenvalue weighted by molar-refractivity contribution is 14.0. The summed E-state index contributed by atoms with van der Waals surface area (Å²) in [6.07, 6.45) is 2.12. The van der Waals surface area contributed by atoms with Gasteiger partial charge in [-0.05, 0) is 55.2 Å². The number of halogens is 2. The number of hydrogen-bond acceptors (Lipinski definition) is 3. The van der Waals surface area contributed by atoms with E-state index >= 15 is 0 Å². The Bertz CT molecular complexity index is 841. The van der Waals surface area contributed by atoms with Crippen molar-refractivity contribution in [1.29, 1.82) is 0 Å². The van der Waals surface area contributed by atoms with Crippen molar-refractivity contribution in [2.24, 2.45) is 4.99 Å². The molecular formula is C22H28FIN4O2. The van der Waals surface area contributed by atoms with Crippen molar-refractivity contribution >= 4 is 35.8 Å². The number of carbonyl (C=O) groups is 1. The van der Waals surface area contributed by atoms with Crippen LogP contribution >= 0.6 is 24.0 Å². The zero-order valence-electron chi connectivity index (χ0n) is 17.0. The average Bonchev–Trinajstić information content (AvgIpc) is 3.54. The molecule has 1 aliphatic carbocycles. The van der Waals surface area contributed by atoms with Crippen LogP contribution in [0.3, 0.4) is 0 Å². The molecule has 0 radical (unpaired) electrons. The van der Waals surface area contributed by atoms with Crippen molar-refractivity contribution in [1.82, 2.24) is 16.0 Å². The lowest BCUT2D eigenvalue weighted by Crippen LogP contribution is -2.36. The lowest BCUT2D eigenvalue weighted by molar-refractivity contribution is -0.123. The highest BCUT2D eigenvalue weighted by Crippen LogP contribution is 2.18. The quantitative estimate of drug-likeness (QED) is 0.266. The van der Waals surface area contributed by atoms with Gasteiger partial charge in [0.15, 0.2) is 12.6 Å². The number of benzene rings is 2. The number of carbonyl (C=O) groups excluding carboxylic acids is 1. The molecule has 8 heteroatoms. The molecule has 2 aromatic carbocycles. The Morgan fingerprint density at radius 1 is 1.13 bits per heavy atom. The standard InChI is InChI=1S/C22H27FN4O2.HI/c1-2-24-22(25-13-16-6-8-18(23)9-7-16)26-14-17-4-3-5-20(12-17)29-15-21(28)27-19-10-11-19;/h3-9,12,19H,2,10-11,13-15H2,1H3,(H,27,28)(H2,24,25,26);1H. The summed E-state index contributed by atoms with van der Waals surface area (Å²) in [6, 6.07) is 14.3. The molecule has 1 aliphatic rings. The minimum absolute atomic E-state index is 0. The van der Waals surface area contributed by atoms with Crippen LogP contribution in [0.5, 0.6) is 5.75 Å². The molecule has 162 valence electrons. The average molecular weight is 526 g/mol. The van der Waals surface area contributed by atoms with E-state index in [0.29, 0.717) is 30.8 Å². The molecule has 0 saturated heterocycles. The third-order valence-electron chi connectivity index (χ3n) is 4.35. The van der Waals surface area contributed by atoms with Gasteiger partial charge in [-0.15, -0.1) is 24.0 Å². The van der Waals surface area contributed by atoms with E-state index in [-0.39, 0.29) is 42.3 Å². The fourth-order valence-corrected chi connectivity index (χ4v) is 2.68. The fraction of sp³-hybridized carbons (Fsp3) is 0.364. The molecule has 30 heavy (non-hydrogen) atoms. The third kappa shape index (κ3) is 8.56. The van der Waals surface area contributed by atoms with Crippen LogP contribution < -0.4 is 20.7 Å². The van der Waals surface area contributed by atoms with Crippen LogP contribution in [0.15, 0.2) is 53.5 Å². The second-order valence-corrected chi connectivity index (χ2v) is 6.95. The number of ether oxygens (including phenoxy) is 1. The SMILES string of the molecule is CCNC(=NCc1cccc(OCC(=O)NC2CC2)c1)NCc1ccc(F)cc1.I. The van der Waals surface area contributed by atoms with Crippen molar-refractivity contribution in [2.75, 3.05) is 13.2 Å². The third-order valence-corrected chi connectivity index (χ3v) is 4.35. The summed E-state index contributed by atoms with van der Waals surface area (Å²) < 4.78 is 18.6. The van der Waals surface area contributed by atoms with E-state index in [1.807, 2.05) is 31.2 Å². The molecular weight excluding hydrogens is 498 g/mol. The van der Waals surface area contributed by atoms with Crippen LogP contribution in [-0.4, -0.2) is 31.1 Å². The maximum atomic E-state index is 13.0. The summed E-state index contributed by atoms with van der Waals surface area (Å²) in [5.41, 5.74) is 1.95. The number of amides is 1. The van der Waals surface area contributed by atoms with Gasteiger partial charge in [-0.25, -0.2) is 9.38 Å². The van der Waals surface area contributed by atoms with Crippen LogP contribution in [0.25, 0.3) is 0 Å². The maximum absolute atomic E-state index is 13.0. The first kappa shape index (κ1) is 23.9. The highest BCUT2D eigenvalue weighted by atomic mass is 127. The van der Waals surface area contributed by atoms with Gasteiger partial charge in [-0.3, -0.25) is 4.79 Å². The minimum atomic E-state index is -0.249. The number of nitrogens with zero attached hydrogens (tertiary/aromatic N) is 1. The normalized spacial score (nSPS) is 13.2. The predicted octanol–water partition coefficient (Wildman–Crippen LogP) is 3.36. The Morgan fingerprint density at radius 2 is 1.90 bits per heavy atom. The molecule has 0 aromatic heterocycles. The first-order valence-electron chi connectivity index (χ1n) is 9.90. The summed E-state index contributed by atoms with van der Waals surface area (Å²) in [7, 11) is 0. The molecule has 0 heterocycles. The van der Waals surface area contributed by atoms with Gasteiger partial charge in [-0.2, -0.15) is 0 Å². The second-order valence-electron chi connectivity index (χ2n) is 6.95. The first-order chi connectivity index (χ1) is 14.1. The van der Waals surface area contributed by atoms with Crippen molar-refractivity contribution in [3.8, 4) is 5.75 Å². The Kier molecular flexibility index (Phi) is 9.85. The zero-order valence-corrected chi connectivity index (χ0v) is 19.3. The number of rotatable bonds is 9. The van der Waals surface area contributed by atoms with E-state index in [4.69, 9.17) is 4.74 Å². The Morgan fingerprint density at radius 3 is 2.60 bits per heavy atom. The van der Waals surface area contributed by atoms with Gasteiger partial charge in [0.2, 0.25) is 0 Å². The Hall–Kier alpha value is -2.36. The van der Waals surface area contributed by atoms with E-state index < -0.39 is 0 Å². The van der Waals surface area contributed by atoms with Crippen molar-refractivity contribution in [3.05, 3.63) is 65.5 Å². The molecule has 3 rings (SSSR count). The van der Waals surface area contributed by atoms with E-state index in [2.05, 4.69) is 20.9 Å². The molecule has 0 aliphatic heterocycles. The van der Waals surface area contributed by atoms with Crippen LogP contribution in [-0.2, 0) is 17.9 Å². The van der Waals surface area contributed by atoms with E-state index in [1.54, 1.807) is 12.1 Å². The minimum Gasteiger partial charge on any atom is -0.484 e. The van der Waals surface area contributed by atoms with Crippen LogP contribution in [0.4, 0.5) is 4.39 Å². The van der Waals surface area contributed by atoms with Crippen molar-refractivity contribution in [2.45, 2.75) is 38.9 Å². The molecule has 0 unspecified atom stereocenters. The summed E-state index contributed by atoms with van der Waals surface area (Å²) >= 11 is 0. The van der Waals surface area contributed by atoms with Gasteiger partial charge in [0, 0.05) is 19.1 Å². The van der Waals surface area contributed by atoms with Crippen LogP contribution in [0.1, 0.15) is 30.9 Å². The maximum Gasteiger partial charge on any atom is 0.258 e. The van der Waals surface area contributed by atoms with Crippen molar-refractivity contribution in [3.63, 3.8) is 0 Å². The second kappa shape index (κ2) is 12.4. The molecule has 3 N–H and O–H groups in total. The Labute approximate surface area is 193 Å². The van der Waals surface area contributed by atoms with Gasteiger partial charge in [0.1, 0.15) is 11.6 Å². The highest BCUT2D eigenvalue weighted by Gasteiger charge is 2.23. The molecule has 1 amide bonds. The largest absolute Gasteiger partial charge is 0.484 e. The van der Waals surface area contributed by atoms with Crippen LogP contribution in [0, 0.1) is 5.82 Å². The lowest BCUT2D eigenvalue weighted by Gasteiger charge is -2.12. The smallest absolute Gasteiger partial charge is 0.258 e. The molecule has 0 atom stereocenters. The van der Waals surface area contributed by atoms with E-state index in [0.717, 1.165) is 30.5 Å². The van der Waals surface area contributed by atoms with Crippen LogP contribution in [0.2, 0.25) is 0 Å². The van der Waals surface area contributed by atoms with Crippen molar-refractivity contribution < 1.29 is 13.9 Å². The molecule has 1 saturated carbocycles. The molecule has 0 spiro atoms. The molecule has 6 nitrogen and oxygen atoms in total. The fourth-order valence-electron chi connectivity index (χ4n) is 2.68. The van der Waals surface area contributed by atoms with Gasteiger partial charge in [0.25, 0.3) is 5.91 Å². The zero-order chi connectivity index (χ0) is 20.5. The van der Waals surface area contributed by atoms with E-state index in [9.17, 15) is 9.18 Å². The topological polar surface area (TPSA) is 74.8 Å². The predicted molar refractivity (Wildman–Crippen MR) is 127 cm³/mol. The monoisotopic (exact) mass is 526 g/mol. The molecule has 1 fully saturated rings. The van der Waals surface area contributed by atoms with Gasteiger partial charge < -0.3 is 20.7 Å². The number of guanidine groups is 1. The van der Waals surface area contributed by atoms with Gasteiger partial charge in [-0.1, -0.05) is 24.3 Å². The summed E-state index contributed by atoms with van der Waals surface area (Å²) in [6.45, 7) is 3.76. The summed E-state index contributed by atoms with van der Waals surface area (Å²) in [5, 5.41) is 9.33.